The normalized spacial score (nSPS) is 11.4. The molecule has 8 heteroatoms. The first kappa shape index (κ1) is 25.4. The minimum absolute atomic E-state index is 0.0392. The standard InChI is InChI=1S/C26H26Cl2N2O4/c1-29-26(32)22(15-18-9-4-3-5-10-18)30(16-19-20(27)11-8-12-21(19)28)25(31)17-34-24-14-7-6-13-23(24)33-2/h3-14,22H,15-17H2,1-2H3,(H,29,32)/t22-/m0/s1. The maximum absolute atomic E-state index is 13.5. The Morgan fingerprint density at radius 3 is 2.15 bits per heavy atom. The summed E-state index contributed by atoms with van der Waals surface area (Å²) in [5, 5.41) is 3.49. The van der Waals surface area contributed by atoms with Crippen LogP contribution in [-0.2, 0) is 22.6 Å². The molecule has 3 aromatic rings. The van der Waals surface area contributed by atoms with Gasteiger partial charge in [-0.2, -0.15) is 0 Å². The van der Waals surface area contributed by atoms with Gasteiger partial charge in [-0.15, -0.1) is 0 Å². The lowest BCUT2D eigenvalue weighted by Crippen LogP contribution is -2.51. The molecule has 3 rings (SSSR count). The Hall–Kier alpha value is -3.22. The molecule has 0 unspecified atom stereocenters. The number of amides is 2. The van der Waals surface area contributed by atoms with E-state index in [0.717, 1.165) is 5.56 Å². The number of hydrogen-bond donors (Lipinski definition) is 1. The summed E-state index contributed by atoms with van der Waals surface area (Å²) < 4.78 is 11.1. The van der Waals surface area contributed by atoms with E-state index in [2.05, 4.69) is 5.32 Å². The molecule has 0 saturated heterocycles. The third-order valence-electron chi connectivity index (χ3n) is 5.33. The van der Waals surface area contributed by atoms with Crippen molar-refractivity contribution in [3.8, 4) is 11.5 Å². The van der Waals surface area contributed by atoms with Crippen LogP contribution in [0.3, 0.4) is 0 Å². The summed E-state index contributed by atoms with van der Waals surface area (Å²) in [6, 6.07) is 20.8. The van der Waals surface area contributed by atoms with Gasteiger partial charge in [-0.3, -0.25) is 9.59 Å². The van der Waals surface area contributed by atoms with Gasteiger partial charge in [-0.05, 0) is 29.8 Å². The van der Waals surface area contributed by atoms with Crippen LogP contribution in [0.15, 0.2) is 72.8 Å². The Balaban J connectivity index is 1.93. The summed E-state index contributed by atoms with van der Waals surface area (Å²) in [4.78, 5) is 27.9. The molecule has 1 atom stereocenters. The van der Waals surface area contributed by atoms with Crippen LogP contribution in [0.5, 0.6) is 11.5 Å². The van der Waals surface area contributed by atoms with Crippen molar-refractivity contribution in [1.82, 2.24) is 10.2 Å². The van der Waals surface area contributed by atoms with Crippen LogP contribution >= 0.6 is 23.2 Å². The minimum Gasteiger partial charge on any atom is -0.493 e. The number of carbonyl (C=O) groups excluding carboxylic acids is 2. The molecule has 0 aliphatic carbocycles. The van der Waals surface area contributed by atoms with Gasteiger partial charge < -0.3 is 19.7 Å². The molecular formula is C26H26Cl2N2O4. The Morgan fingerprint density at radius 1 is 0.912 bits per heavy atom. The van der Waals surface area contributed by atoms with E-state index in [-0.39, 0.29) is 19.1 Å². The van der Waals surface area contributed by atoms with Crippen LogP contribution in [-0.4, -0.2) is 43.5 Å². The van der Waals surface area contributed by atoms with E-state index in [0.29, 0.717) is 33.5 Å². The first-order valence-electron chi connectivity index (χ1n) is 10.7. The summed E-state index contributed by atoms with van der Waals surface area (Å²) in [5.41, 5.74) is 1.46. The number of rotatable bonds is 10. The highest BCUT2D eigenvalue weighted by atomic mass is 35.5. The zero-order chi connectivity index (χ0) is 24.5. The molecule has 1 N–H and O–H groups in total. The van der Waals surface area contributed by atoms with E-state index >= 15 is 0 Å². The number of methoxy groups -OCH3 is 1. The Labute approximate surface area is 209 Å². The molecule has 0 radical (unpaired) electrons. The highest BCUT2D eigenvalue weighted by Crippen LogP contribution is 2.28. The molecule has 0 aromatic heterocycles. The zero-order valence-electron chi connectivity index (χ0n) is 19.0. The molecule has 0 aliphatic heterocycles. The number of benzene rings is 3. The number of hydrogen-bond acceptors (Lipinski definition) is 4. The van der Waals surface area contributed by atoms with Gasteiger partial charge in [0, 0.05) is 35.6 Å². The number of para-hydroxylation sites is 2. The first-order valence-corrected chi connectivity index (χ1v) is 11.4. The number of ether oxygens (including phenoxy) is 2. The number of likely N-dealkylation sites (N-methyl/N-ethyl adjacent to an activating group) is 1. The van der Waals surface area contributed by atoms with Crippen molar-refractivity contribution in [2.75, 3.05) is 20.8 Å². The number of nitrogens with zero attached hydrogens (tertiary/aromatic N) is 1. The fourth-order valence-corrected chi connectivity index (χ4v) is 4.05. The smallest absolute Gasteiger partial charge is 0.261 e. The van der Waals surface area contributed by atoms with E-state index in [4.69, 9.17) is 32.7 Å². The summed E-state index contributed by atoms with van der Waals surface area (Å²) in [6.45, 7) is -0.262. The van der Waals surface area contributed by atoms with Gasteiger partial charge >= 0.3 is 0 Å². The Kier molecular flexibility index (Phi) is 9.19. The molecule has 0 heterocycles. The molecular weight excluding hydrogens is 475 g/mol. The predicted octanol–water partition coefficient (Wildman–Crippen LogP) is 4.77. The van der Waals surface area contributed by atoms with E-state index in [1.54, 1.807) is 42.5 Å². The maximum Gasteiger partial charge on any atom is 0.261 e. The van der Waals surface area contributed by atoms with Crippen LogP contribution in [0.4, 0.5) is 0 Å². The monoisotopic (exact) mass is 500 g/mol. The van der Waals surface area contributed by atoms with Crippen LogP contribution in [0.25, 0.3) is 0 Å². The third-order valence-corrected chi connectivity index (χ3v) is 6.04. The number of nitrogens with one attached hydrogen (secondary N) is 1. The Morgan fingerprint density at radius 2 is 1.53 bits per heavy atom. The number of halogens is 2. The van der Waals surface area contributed by atoms with E-state index in [1.807, 2.05) is 30.3 Å². The number of carbonyl (C=O) groups is 2. The van der Waals surface area contributed by atoms with E-state index in [1.165, 1.54) is 19.1 Å². The average Bonchev–Trinajstić information content (AvgIpc) is 2.86. The minimum atomic E-state index is -0.812. The molecule has 0 fully saturated rings. The van der Waals surface area contributed by atoms with Crippen molar-refractivity contribution in [1.29, 1.82) is 0 Å². The average molecular weight is 501 g/mol. The van der Waals surface area contributed by atoms with E-state index in [9.17, 15) is 9.59 Å². The summed E-state index contributed by atoms with van der Waals surface area (Å²) in [7, 11) is 3.06. The highest BCUT2D eigenvalue weighted by Gasteiger charge is 2.31. The second kappa shape index (κ2) is 12.3. The molecule has 3 aromatic carbocycles. The van der Waals surface area contributed by atoms with Crippen molar-refractivity contribution in [2.45, 2.75) is 19.0 Å². The van der Waals surface area contributed by atoms with Gasteiger partial charge in [-0.1, -0.05) is 71.7 Å². The van der Waals surface area contributed by atoms with Gasteiger partial charge in [0.2, 0.25) is 5.91 Å². The maximum atomic E-state index is 13.5. The molecule has 178 valence electrons. The SMILES string of the molecule is CNC(=O)[C@H](Cc1ccccc1)N(Cc1c(Cl)cccc1Cl)C(=O)COc1ccccc1OC. The summed E-state index contributed by atoms with van der Waals surface area (Å²) in [6.07, 6.45) is 0.309. The van der Waals surface area contributed by atoms with Crippen molar-refractivity contribution in [2.24, 2.45) is 0 Å². The van der Waals surface area contributed by atoms with Gasteiger partial charge in [-0.25, -0.2) is 0 Å². The molecule has 0 saturated carbocycles. The fourth-order valence-electron chi connectivity index (χ4n) is 3.53. The van der Waals surface area contributed by atoms with Crippen LogP contribution in [0.1, 0.15) is 11.1 Å². The van der Waals surface area contributed by atoms with Crippen molar-refractivity contribution >= 4 is 35.0 Å². The van der Waals surface area contributed by atoms with Crippen LogP contribution < -0.4 is 14.8 Å². The summed E-state index contributed by atoms with van der Waals surface area (Å²) in [5.74, 6) is 0.223. The first-order chi connectivity index (χ1) is 16.4. The lowest BCUT2D eigenvalue weighted by molar-refractivity contribution is -0.142. The molecule has 6 nitrogen and oxygen atoms in total. The lowest BCUT2D eigenvalue weighted by atomic mass is 10.0. The van der Waals surface area contributed by atoms with Gasteiger partial charge in [0.25, 0.3) is 5.91 Å². The summed E-state index contributed by atoms with van der Waals surface area (Å²) >= 11 is 12.8. The topological polar surface area (TPSA) is 67.9 Å². The second-order valence-electron chi connectivity index (χ2n) is 7.48. The molecule has 0 spiro atoms. The quantitative estimate of drug-likeness (QED) is 0.435. The van der Waals surface area contributed by atoms with Crippen molar-refractivity contribution in [3.63, 3.8) is 0 Å². The largest absolute Gasteiger partial charge is 0.493 e. The molecule has 34 heavy (non-hydrogen) atoms. The Bertz CT molecular complexity index is 1100. The molecule has 0 aliphatic rings. The predicted molar refractivity (Wildman–Crippen MR) is 134 cm³/mol. The van der Waals surface area contributed by atoms with Crippen LogP contribution in [0, 0.1) is 0 Å². The highest BCUT2D eigenvalue weighted by molar-refractivity contribution is 6.36. The third kappa shape index (κ3) is 6.43. The zero-order valence-corrected chi connectivity index (χ0v) is 20.5. The van der Waals surface area contributed by atoms with Gasteiger partial charge in [0.1, 0.15) is 6.04 Å². The lowest BCUT2D eigenvalue weighted by Gasteiger charge is -2.31. The van der Waals surface area contributed by atoms with Gasteiger partial charge in [0.05, 0.1) is 7.11 Å². The van der Waals surface area contributed by atoms with E-state index < -0.39 is 11.9 Å². The fraction of sp³-hybridized carbons (Fsp3) is 0.231. The van der Waals surface area contributed by atoms with Crippen LogP contribution in [0.2, 0.25) is 10.0 Å². The van der Waals surface area contributed by atoms with Crippen molar-refractivity contribution < 1.29 is 19.1 Å². The molecule has 0 bridgehead atoms. The second-order valence-corrected chi connectivity index (χ2v) is 8.30. The van der Waals surface area contributed by atoms with Gasteiger partial charge in [0.15, 0.2) is 18.1 Å². The molecule has 2 amide bonds. The van der Waals surface area contributed by atoms with Crippen molar-refractivity contribution in [3.05, 3.63) is 94.0 Å².